The lowest BCUT2D eigenvalue weighted by atomic mass is 10.1. The molecule has 0 fully saturated rings. The molecular formula is C14H14N2O6. The number of hydrogen-bond acceptors (Lipinski definition) is 5. The molecule has 1 atom stereocenters. The summed E-state index contributed by atoms with van der Waals surface area (Å²) in [5.41, 5.74) is 0.258. The molecule has 0 aliphatic carbocycles. The van der Waals surface area contributed by atoms with E-state index in [1.54, 1.807) is 0 Å². The number of aliphatic carboxylic acids is 1. The Morgan fingerprint density at radius 1 is 1.41 bits per heavy atom. The molecule has 1 heterocycles. The zero-order valence-electron chi connectivity index (χ0n) is 12.0. The van der Waals surface area contributed by atoms with E-state index in [1.807, 2.05) is 0 Å². The summed E-state index contributed by atoms with van der Waals surface area (Å²) < 4.78 is 5.37. The molecule has 0 saturated heterocycles. The van der Waals surface area contributed by atoms with E-state index in [9.17, 15) is 19.7 Å². The number of benzene rings is 1. The van der Waals surface area contributed by atoms with Gasteiger partial charge < -0.3 is 14.4 Å². The van der Waals surface area contributed by atoms with Crippen molar-refractivity contribution in [3.63, 3.8) is 0 Å². The van der Waals surface area contributed by atoms with Gasteiger partial charge in [0.1, 0.15) is 5.58 Å². The number of carboxylic acids is 1. The molecule has 1 N–H and O–H groups in total. The van der Waals surface area contributed by atoms with E-state index in [0.717, 1.165) is 0 Å². The average molecular weight is 306 g/mol. The summed E-state index contributed by atoms with van der Waals surface area (Å²) in [6.45, 7) is 1.53. The SMILES string of the molecule is CC(CN(C)C(=O)c1cc2cc([N+](=O)[O-])ccc2o1)C(=O)O. The van der Waals surface area contributed by atoms with Crippen molar-refractivity contribution >= 4 is 28.5 Å². The molecule has 8 nitrogen and oxygen atoms in total. The highest BCUT2D eigenvalue weighted by Crippen LogP contribution is 2.24. The molecule has 8 heteroatoms. The lowest BCUT2D eigenvalue weighted by Gasteiger charge is -2.17. The summed E-state index contributed by atoms with van der Waals surface area (Å²) in [5, 5.41) is 20.0. The van der Waals surface area contributed by atoms with E-state index < -0.39 is 22.7 Å². The molecule has 1 unspecified atom stereocenters. The largest absolute Gasteiger partial charge is 0.481 e. The highest BCUT2D eigenvalue weighted by Gasteiger charge is 2.21. The molecule has 1 aromatic heterocycles. The minimum Gasteiger partial charge on any atom is -0.481 e. The zero-order chi connectivity index (χ0) is 16.4. The Kier molecular flexibility index (Phi) is 4.11. The van der Waals surface area contributed by atoms with Crippen molar-refractivity contribution < 1.29 is 24.0 Å². The zero-order valence-corrected chi connectivity index (χ0v) is 12.0. The van der Waals surface area contributed by atoms with Crippen molar-refractivity contribution in [2.75, 3.05) is 13.6 Å². The van der Waals surface area contributed by atoms with E-state index in [0.29, 0.717) is 11.0 Å². The normalized spacial score (nSPS) is 12.1. The van der Waals surface area contributed by atoms with Crippen molar-refractivity contribution in [2.24, 2.45) is 5.92 Å². The third kappa shape index (κ3) is 3.05. The van der Waals surface area contributed by atoms with Crippen LogP contribution in [0.3, 0.4) is 0 Å². The van der Waals surface area contributed by atoms with Crippen LogP contribution >= 0.6 is 0 Å². The molecule has 1 aromatic carbocycles. The second-order valence-electron chi connectivity index (χ2n) is 5.01. The van der Waals surface area contributed by atoms with Gasteiger partial charge in [-0.15, -0.1) is 0 Å². The maximum atomic E-state index is 12.2. The van der Waals surface area contributed by atoms with Gasteiger partial charge in [-0.1, -0.05) is 6.92 Å². The van der Waals surface area contributed by atoms with E-state index in [1.165, 1.54) is 43.1 Å². The third-order valence-electron chi connectivity index (χ3n) is 3.24. The van der Waals surface area contributed by atoms with Crippen LogP contribution in [0.5, 0.6) is 0 Å². The first kappa shape index (κ1) is 15.5. The van der Waals surface area contributed by atoms with Gasteiger partial charge in [0.05, 0.1) is 10.8 Å². The fourth-order valence-electron chi connectivity index (χ4n) is 2.01. The van der Waals surface area contributed by atoms with Crippen LogP contribution in [-0.2, 0) is 4.79 Å². The van der Waals surface area contributed by atoms with Gasteiger partial charge in [0.15, 0.2) is 5.76 Å². The van der Waals surface area contributed by atoms with Gasteiger partial charge in [-0.2, -0.15) is 0 Å². The number of rotatable bonds is 5. The summed E-state index contributed by atoms with van der Waals surface area (Å²) in [6, 6.07) is 5.43. The second-order valence-corrected chi connectivity index (χ2v) is 5.01. The third-order valence-corrected chi connectivity index (χ3v) is 3.24. The number of carbonyl (C=O) groups excluding carboxylic acids is 1. The molecule has 0 saturated carbocycles. The monoisotopic (exact) mass is 306 g/mol. The Hall–Kier alpha value is -2.90. The maximum Gasteiger partial charge on any atom is 0.308 e. The van der Waals surface area contributed by atoms with Gasteiger partial charge >= 0.3 is 5.97 Å². The Bertz CT molecular complexity index is 751. The fraction of sp³-hybridized carbons (Fsp3) is 0.286. The molecule has 2 rings (SSSR count). The fourth-order valence-corrected chi connectivity index (χ4v) is 2.01. The average Bonchev–Trinajstić information content (AvgIpc) is 2.88. The summed E-state index contributed by atoms with van der Waals surface area (Å²) in [7, 11) is 1.47. The standard InChI is InChI=1S/C14H14N2O6/c1-8(14(18)19)7-15(2)13(17)12-6-9-5-10(16(20)21)3-4-11(9)22-12/h3-6,8H,7H2,1-2H3,(H,18,19). The summed E-state index contributed by atoms with van der Waals surface area (Å²) in [5.74, 6) is -2.18. The molecule has 0 bridgehead atoms. The first-order chi connectivity index (χ1) is 10.3. The van der Waals surface area contributed by atoms with Crippen molar-refractivity contribution in [1.82, 2.24) is 4.90 Å². The summed E-state index contributed by atoms with van der Waals surface area (Å²) in [4.78, 5) is 34.4. The minimum absolute atomic E-state index is 0.00980. The van der Waals surface area contributed by atoms with Crippen LogP contribution in [0.15, 0.2) is 28.7 Å². The molecular weight excluding hydrogens is 292 g/mol. The van der Waals surface area contributed by atoms with E-state index in [-0.39, 0.29) is 18.0 Å². The van der Waals surface area contributed by atoms with E-state index in [2.05, 4.69) is 0 Å². The number of amides is 1. The Morgan fingerprint density at radius 3 is 2.68 bits per heavy atom. The molecule has 0 spiro atoms. The van der Waals surface area contributed by atoms with Crippen molar-refractivity contribution in [3.05, 3.63) is 40.1 Å². The Balaban J connectivity index is 2.24. The number of nitrogens with zero attached hydrogens (tertiary/aromatic N) is 2. The number of carbonyl (C=O) groups is 2. The quantitative estimate of drug-likeness (QED) is 0.668. The summed E-state index contributed by atoms with van der Waals surface area (Å²) in [6.07, 6.45) is 0. The number of non-ortho nitro benzene ring substituents is 1. The predicted molar refractivity (Wildman–Crippen MR) is 76.6 cm³/mol. The molecule has 0 aliphatic rings. The predicted octanol–water partition coefficient (Wildman–Crippen LogP) is 2.13. The van der Waals surface area contributed by atoms with Gasteiger partial charge in [-0.25, -0.2) is 0 Å². The van der Waals surface area contributed by atoms with Gasteiger partial charge in [-0.3, -0.25) is 19.7 Å². The smallest absolute Gasteiger partial charge is 0.308 e. The molecule has 116 valence electrons. The highest BCUT2D eigenvalue weighted by molar-refractivity contribution is 5.96. The molecule has 22 heavy (non-hydrogen) atoms. The van der Waals surface area contributed by atoms with Gasteiger partial charge in [0.25, 0.3) is 11.6 Å². The number of nitro groups is 1. The number of fused-ring (bicyclic) bond motifs is 1. The number of furan rings is 1. The van der Waals surface area contributed by atoms with Gasteiger partial charge in [0.2, 0.25) is 0 Å². The lowest BCUT2D eigenvalue weighted by Crippen LogP contribution is -2.33. The van der Waals surface area contributed by atoms with Crippen LogP contribution in [0, 0.1) is 16.0 Å². The maximum absolute atomic E-state index is 12.2. The molecule has 0 radical (unpaired) electrons. The van der Waals surface area contributed by atoms with Crippen LogP contribution in [0.2, 0.25) is 0 Å². The number of carboxylic acid groups (broad SMARTS) is 1. The van der Waals surface area contributed by atoms with E-state index >= 15 is 0 Å². The second kappa shape index (κ2) is 5.84. The van der Waals surface area contributed by atoms with Crippen LogP contribution < -0.4 is 0 Å². The number of nitro benzene ring substituents is 1. The first-order valence-corrected chi connectivity index (χ1v) is 6.46. The molecule has 1 amide bonds. The highest BCUT2D eigenvalue weighted by atomic mass is 16.6. The number of hydrogen-bond donors (Lipinski definition) is 1. The van der Waals surface area contributed by atoms with Gasteiger partial charge in [0, 0.05) is 31.1 Å². The molecule has 2 aromatic rings. The minimum atomic E-state index is -1.00. The lowest BCUT2D eigenvalue weighted by molar-refractivity contribution is -0.384. The van der Waals surface area contributed by atoms with Crippen LogP contribution in [-0.4, -0.2) is 40.4 Å². The van der Waals surface area contributed by atoms with Crippen LogP contribution in [0.25, 0.3) is 11.0 Å². The van der Waals surface area contributed by atoms with Crippen LogP contribution in [0.1, 0.15) is 17.5 Å². The summed E-state index contributed by atoms with van der Waals surface area (Å²) >= 11 is 0. The van der Waals surface area contributed by atoms with E-state index in [4.69, 9.17) is 9.52 Å². The van der Waals surface area contributed by atoms with Crippen molar-refractivity contribution in [1.29, 1.82) is 0 Å². The topological polar surface area (TPSA) is 114 Å². The van der Waals surface area contributed by atoms with Crippen molar-refractivity contribution in [2.45, 2.75) is 6.92 Å². The van der Waals surface area contributed by atoms with Gasteiger partial charge in [-0.05, 0) is 12.1 Å². The first-order valence-electron chi connectivity index (χ1n) is 6.46. The Morgan fingerprint density at radius 2 is 2.09 bits per heavy atom. The molecule has 0 aliphatic heterocycles. The van der Waals surface area contributed by atoms with Crippen LogP contribution in [0.4, 0.5) is 5.69 Å². The Labute approximate surface area is 125 Å². The van der Waals surface area contributed by atoms with Crippen molar-refractivity contribution in [3.8, 4) is 0 Å².